The normalized spacial score (nSPS) is 11.8. The summed E-state index contributed by atoms with van der Waals surface area (Å²) in [4.78, 5) is 21.3. The fourth-order valence-electron chi connectivity index (χ4n) is 2.53. The van der Waals surface area contributed by atoms with Gasteiger partial charge in [-0.15, -0.1) is 0 Å². The van der Waals surface area contributed by atoms with E-state index in [-0.39, 0.29) is 5.91 Å². The van der Waals surface area contributed by atoms with Gasteiger partial charge in [0.25, 0.3) is 11.9 Å². The van der Waals surface area contributed by atoms with E-state index < -0.39 is 6.10 Å². The predicted octanol–water partition coefficient (Wildman–Crippen LogP) is 2.99. The van der Waals surface area contributed by atoms with Gasteiger partial charge in [-0.25, -0.2) is 9.97 Å². The summed E-state index contributed by atoms with van der Waals surface area (Å²) in [7, 11) is 0. The van der Waals surface area contributed by atoms with Crippen molar-refractivity contribution >= 4 is 11.7 Å². The molecule has 0 saturated carbocycles. The summed E-state index contributed by atoms with van der Waals surface area (Å²) >= 11 is 0. The molecule has 0 spiro atoms. The van der Waals surface area contributed by atoms with E-state index >= 15 is 0 Å². The van der Waals surface area contributed by atoms with Crippen molar-refractivity contribution in [3.8, 4) is 11.7 Å². The molecule has 1 atom stereocenters. The lowest BCUT2D eigenvalue weighted by atomic mass is 10.3. The van der Waals surface area contributed by atoms with Crippen molar-refractivity contribution < 1.29 is 9.53 Å². The zero-order valence-corrected chi connectivity index (χ0v) is 15.2. The minimum absolute atomic E-state index is 0.278. The molecule has 1 unspecified atom stereocenters. The molecule has 0 aliphatic rings. The Bertz CT molecular complexity index is 901. The molecule has 0 radical (unpaired) electrons. The van der Waals surface area contributed by atoms with Gasteiger partial charge in [0.2, 0.25) is 0 Å². The van der Waals surface area contributed by atoms with Gasteiger partial charge in [-0.05, 0) is 45.9 Å². The van der Waals surface area contributed by atoms with Crippen LogP contribution in [0.3, 0.4) is 0 Å². The molecule has 1 aromatic carbocycles. The van der Waals surface area contributed by atoms with Crippen molar-refractivity contribution in [2.75, 3.05) is 5.32 Å². The van der Waals surface area contributed by atoms with Crippen molar-refractivity contribution in [1.82, 2.24) is 19.7 Å². The SMILES string of the molecule is Cc1cc(C)nc(-n2nc(C)cc2NC(=O)C(C)Oc2ccccc2)n1. The second kappa shape index (κ2) is 7.35. The molecule has 7 heteroatoms. The summed E-state index contributed by atoms with van der Waals surface area (Å²) in [5.41, 5.74) is 2.41. The van der Waals surface area contributed by atoms with Crippen LogP contribution >= 0.6 is 0 Å². The molecule has 1 N–H and O–H groups in total. The Morgan fingerprint density at radius 3 is 2.35 bits per heavy atom. The highest BCUT2D eigenvalue weighted by molar-refractivity contribution is 5.93. The number of nitrogens with zero attached hydrogens (tertiary/aromatic N) is 4. The first-order valence-electron chi connectivity index (χ1n) is 8.34. The van der Waals surface area contributed by atoms with Crippen LogP contribution in [0.5, 0.6) is 5.75 Å². The van der Waals surface area contributed by atoms with Gasteiger partial charge in [0, 0.05) is 17.5 Å². The molecule has 134 valence electrons. The molecule has 26 heavy (non-hydrogen) atoms. The van der Waals surface area contributed by atoms with Gasteiger partial charge >= 0.3 is 0 Å². The van der Waals surface area contributed by atoms with Crippen LogP contribution < -0.4 is 10.1 Å². The predicted molar refractivity (Wildman–Crippen MR) is 98.5 cm³/mol. The first-order chi connectivity index (χ1) is 12.4. The third-order valence-corrected chi connectivity index (χ3v) is 3.67. The van der Waals surface area contributed by atoms with Crippen LogP contribution in [0.25, 0.3) is 5.95 Å². The van der Waals surface area contributed by atoms with Crippen LogP contribution in [-0.4, -0.2) is 31.8 Å². The van der Waals surface area contributed by atoms with Gasteiger partial charge in [-0.3, -0.25) is 4.79 Å². The third-order valence-electron chi connectivity index (χ3n) is 3.67. The molecule has 0 aliphatic carbocycles. The Hall–Kier alpha value is -3.22. The lowest BCUT2D eigenvalue weighted by Gasteiger charge is -2.15. The van der Waals surface area contributed by atoms with Crippen LogP contribution in [0.1, 0.15) is 24.0 Å². The average molecular weight is 351 g/mol. The van der Waals surface area contributed by atoms with E-state index in [0.29, 0.717) is 17.5 Å². The number of anilines is 1. The lowest BCUT2D eigenvalue weighted by molar-refractivity contribution is -0.122. The Morgan fingerprint density at radius 1 is 1.04 bits per heavy atom. The minimum atomic E-state index is -0.666. The second-order valence-electron chi connectivity index (χ2n) is 6.10. The smallest absolute Gasteiger partial charge is 0.266 e. The zero-order chi connectivity index (χ0) is 18.7. The molecule has 3 aromatic rings. The molecule has 0 saturated heterocycles. The standard InChI is InChI=1S/C19H21N5O2/c1-12-10-13(2)21-19(20-12)24-17(11-14(3)23-24)22-18(25)15(4)26-16-8-6-5-7-9-16/h5-11,15H,1-4H3,(H,22,25). The number of hydrogen-bond acceptors (Lipinski definition) is 5. The van der Waals surface area contributed by atoms with Crippen LogP contribution in [-0.2, 0) is 4.79 Å². The summed E-state index contributed by atoms with van der Waals surface area (Å²) in [6, 6.07) is 12.9. The van der Waals surface area contributed by atoms with E-state index in [1.54, 1.807) is 13.0 Å². The fourth-order valence-corrected chi connectivity index (χ4v) is 2.53. The van der Waals surface area contributed by atoms with Crippen molar-refractivity contribution in [3.63, 3.8) is 0 Å². The van der Waals surface area contributed by atoms with E-state index in [4.69, 9.17) is 4.74 Å². The fraction of sp³-hybridized carbons (Fsp3) is 0.263. The van der Waals surface area contributed by atoms with Gasteiger partial charge in [0.1, 0.15) is 11.6 Å². The Labute approximate surface area is 152 Å². The maximum Gasteiger partial charge on any atom is 0.266 e. The molecule has 3 rings (SSSR count). The van der Waals surface area contributed by atoms with E-state index in [1.165, 1.54) is 4.68 Å². The van der Waals surface area contributed by atoms with Crippen molar-refractivity contribution in [2.45, 2.75) is 33.8 Å². The van der Waals surface area contributed by atoms with E-state index in [0.717, 1.165) is 17.1 Å². The minimum Gasteiger partial charge on any atom is -0.481 e. The summed E-state index contributed by atoms with van der Waals surface area (Å²) < 4.78 is 7.20. The van der Waals surface area contributed by atoms with Gasteiger partial charge in [0.15, 0.2) is 6.10 Å². The largest absolute Gasteiger partial charge is 0.481 e. The van der Waals surface area contributed by atoms with Crippen LogP contribution in [0.15, 0.2) is 42.5 Å². The Balaban J connectivity index is 1.80. The van der Waals surface area contributed by atoms with Crippen molar-refractivity contribution in [3.05, 3.63) is 59.5 Å². The van der Waals surface area contributed by atoms with Gasteiger partial charge in [-0.1, -0.05) is 18.2 Å². The Morgan fingerprint density at radius 2 is 1.69 bits per heavy atom. The quantitative estimate of drug-likeness (QED) is 0.764. The number of benzene rings is 1. The molecule has 2 heterocycles. The number of aryl methyl sites for hydroxylation is 3. The molecule has 0 bridgehead atoms. The zero-order valence-electron chi connectivity index (χ0n) is 15.2. The van der Waals surface area contributed by atoms with Crippen molar-refractivity contribution in [2.24, 2.45) is 0 Å². The number of carbonyl (C=O) groups is 1. The highest BCUT2D eigenvalue weighted by Crippen LogP contribution is 2.17. The Kier molecular flexibility index (Phi) is 4.97. The highest BCUT2D eigenvalue weighted by Gasteiger charge is 2.19. The molecule has 7 nitrogen and oxygen atoms in total. The number of rotatable bonds is 5. The molecule has 2 aromatic heterocycles. The second-order valence-corrected chi connectivity index (χ2v) is 6.10. The number of aromatic nitrogens is 4. The van der Waals surface area contributed by atoms with E-state index in [2.05, 4.69) is 20.4 Å². The maximum atomic E-state index is 12.5. The first kappa shape index (κ1) is 17.6. The maximum absolute atomic E-state index is 12.5. The van der Waals surface area contributed by atoms with Gasteiger partial charge in [0.05, 0.1) is 5.69 Å². The van der Waals surface area contributed by atoms with Crippen molar-refractivity contribution in [1.29, 1.82) is 0 Å². The van der Waals surface area contributed by atoms with Crippen LogP contribution in [0.4, 0.5) is 5.82 Å². The highest BCUT2D eigenvalue weighted by atomic mass is 16.5. The molecule has 1 amide bonds. The molecular formula is C19H21N5O2. The average Bonchev–Trinajstić information content (AvgIpc) is 2.95. The first-order valence-corrected chi connectivity index (χ1v) is 8.34. The summed E-state index contributed by atoms with van der Waals surface area (Å²) in [6.45, 7) is 7.33. The monoisotopic (exact) mass is 351 g/mol. The number of amides is 1. The van der Waals surface area contributed by atoms with Crippen LogP contribution in [0.2, 0.25) is 0 Å². The topological polar surface area (TPSA) is 81.9 Å². The number of nitrogens with one attached hydrogen (secondary N) is 1. The molecule has 0 aliphatic heterocycles. The van der Waals surface area contributed by atoms with E-state index in [1.807, 2.05) is 57.2 Å². The molecular weight excluding hydrogens is 330 g/mol. The summed E-state index contributed by atoms with van der Waals surface area (Å²) in [6.07, 6.45) is -0.666. The van der Waals surface area contributed by atoms with Gasteiger partial charge < -0.3 is 10.1 Å². The number of para-hydroxylation sites is 1. The van der Waals surface area contributed by atoms with Gasteiger partial charge in [-0.2, -0.15) is 9.78 Å². The summed E-state index contributed by atoms with van der Waals surface area (Å²) in [5.74, 6) is 1.28. The van der Waals surface area contributed by atoms with Crippen LogP contribution in [0, 0.1) is 20.8 Å². The number of carbonyl (C=O) groups excluding carboxylic acids is 1. The summed E-state index contributed by atoms with van der Waals surface area (Å²) in [5, 5.41) is 7.24. The van der Waals surface area contributed by atoms with E-state index in [9.17, 15) is 4.79 Å². The molecule has 0 fully saturated rings. The third kappa shape index (κ3) is 4.05. The number of ether oxygens (including phenoxy) is 1. The lowest BCUT2D eigenvalue weighted by Crippen LogP contribution is -2.31. The number of hydrogen-bond donors (Lipinski definition) is 1.